The van der Waals surface area contributed by atoms with E-state index in [9.17, 15) is 0 Å². The molecule has 3 nitrogen and oxygen atoms in total. The summed E-state index contributed by atoms with van der Waals surface area (Å²) in [6.45, 7) is 13.1. The van der Waals surface area contributed by atoms with Gasteiger partial charge in [-0.1, -0.05) is 46.2 Å². The number of aromatic nitrogens is 2. The largest absolute Gasteiger partial charge is 0.356 e. The quantitative estimate of drug-likeness (QED) is 0.762. The van der Waals surface area contributed by atoms with E-state index >= 15 is 0 Å². The fourth-order valence-electron chi connectivity index (χ4n) is 2.70. The van der Waals surface area contributed by atoms with E-state index in [1.54, 1.807) is 0 Å². The maximum Gasteiger partial charge on any atom is 0.137 e. The Morgan fingerprint density at radius 3 is 2.30 bits per heavy atom. The number of halogens is 1. The highest BCUT2D eigenvalue weighted by Crippen LogP contribution is 2.29. The molecular formula is C16H26ClN3. The molecule has 0 radical (unpaired) electrons. The van der Waals surface area contributed by atoms with Crippen LogP contribution in [0.15, 0.2) is 6.07 Å². The van der Waals surface area contributed by atoms with E-state index in [2.05, 4.69) is 44.5 Å². The molecule has 4 heteroatoms. The van der Waals surface area contributed by atoms with Crippen molar-refractivity contribution in [1.29, 1.82) is 0 Å². The molecule has 0 aromatic carbocycles. The van der Waals surface area contributed by atoms with E-state index in [0.29, 0.717) is 5.15 Å². The molecule has 1 fully saturated rings. The van der Waals surface area contributed by atoms with Gasteiger partial charge in [-0.15, -0.1) is 0 Å². The highest BCUT2D eigenvalue weighted by atomic mass is 35.5. The zero-order valence-corrected chi connectivity index (χ0v) is 14.0. The van der Waals surface area contributed by atoms with Gasteiger partial charge < -0.3 is 4.90 Å². The summed E-state index contributed by atoms with van der Waals surface area (Å²) in [7, 11) is 0. The SMILES string of the molecule is CC(C)C1CCN(c2cc(Cl)nc(C(C)(C)C)n2)CC1. The Morgan fingerprint density at radius 2 is 1.80 bits per heavy atom. The zero-order chi connectivity index (χ0) is 14.9. The van der Waals surface area contributed by atoms with Crippen molar-refractivity contribution in [3.63, 3.8) is 0 Å². The molecular weight excluding hydrogens is 270 g/mol. The van der Waals surface area contributed by atoms with Gasteiger partial charge in [0, 0.05) is 24.6 Å². The maximum absolute atomic E-state index is 6.18. The smallest absolute Gasteiger partial charge is 0.137 e. The predicted molar refractivity (Wildman–Crippen MR) is 85.5 cm³/mol. The van der Waals surface area contributed by atoms with Crippen LogP contribution in [0.25, 0.3) is 0 Å². The molecule has 1 aromatic heterocycles. The molecule has 0 bridgehead atoms. The second-order valence-electron chi connectivity index (χ2n) is 7.19. The van der Waals surface area contributed by atoms with Crippen LogP contribution in [0.2, 0.25) is 5.15 Å². The third kappa shape index (κ3) is 3.63. The van der Waals surface area contributed by atoms with Crippen molar-refractivity contribution < 1.29 is 0 Å². The van der Waals surface area contributed by atoms with Crippen LogP contribution in [0, 0.1) is 11.8 Å². The summed E-state index contributed by atoms with van der Waals surface area (Å²) >= 11 is 6.18. The van der Waals surface area contributed by atoms with E-state index in [0.717, 1.165) is 36.6 Å². The second kappa shape index (κ2) is 5.88. The van der Waals surface area contributed by atoms with Crippen LogP contribution < -0.4 is 4.90 Å². The van der Waals surface area contributed by atoms with E-state index < -0.39 is 0 Å². The average molecular weight is 296 g/mol. The highest BCUT2D eigenvalue weighted by Gasteiger charge is 2.24. The van der Waals surface area contributed by atoms with Crippen molar-refractivity contribution in [2.75, 3.05) is 18.0 Å². The van der Waals surface area contributed by atoms with Gasteiger partial charge in [-0.25, -0.2) is 9.97 Å². The minimum Gasteiger partial charge on any atom is -0.356 e. The van der Waals surface area contributed by atoms with Gasteiger partial charge in [0.1, 0.15) is 16.8 Å². The maximum atomic E-state index is 6.18. The summed E-state index contributed by atoms with van der Waals surface area (Å²) in [4.78, 5) is 11.4. The van der Waals surface area contributed by atoms with Gasteiger partial charge in [-0.2, -0.15) is 0 Å². The van der Waals surface area contributed by atoms with Crippen molar-refractivity contribution in [1.82, 2.24) is 9.97 Å². The van der Waals surface area contributed by atoms with Gasteiger partial charge >= 0.3 is 0 Å². The minimum absolute atomic E-state index is 0.0735. The summed E-state index contributed by atoms with van der Waals surface area (Å²) in [6, 6.07) is 1.90. The standard InChI is InChI=1S/C16H26ClN3/c1-11(2)12-6-8-20(9-7-12)14-10-13(17)18-15(19-14)16(3,4)5/h10-12H,6-9H2,1-5H3. The van der Waals surface area contributed by atoms with Gasteiger partial charge in [0.15, 0.2) is 0 Å². The van der Waals surface area contributed by atoms with Crippen LogP contribution in [-0.2, 0) is 5.41 Å². The number of nitrogens with zero attached hydrogens (tertiary/aromatic N) is 3. The molecule has 0 N–H and O–H groups in total. The normalized spacial score (nSPS) is 17.9. The highest BCUT2D eigenvalue weighted by molar-refractivity contribution is 6.29. The molecule has 2 heterocycles. The van der Waals surface area contributed by atoms with Gasteiger partial charge in [0.2, 0.25) is 0 Å². The lowest BCUT2D eigenvalue weighted by Gasteiger charge is -2.35. The molecule has 0 unspecified atom stereocenters. The molecule has 20 heavy (non-hydrogen) atoms. The summed E-state index contributed by atoms with van der Waals surface area (Å²) in [5.74, 6) is 3.42. The summed E-state index contributed by atoms with van der Waals surface area (Å²) in [5, 5.41) is 0.547. The van der Waals surface area contributed by atoms with Crippen LogP contribution in [0.3, 0.4) is 0 Å². The predicted octanol–water partition coefficient (Wildman–Crippen LogP) is 4.30. The summed E-state index contributed by atoms with van der Waals surface area (Å²) in [6.07, 6.45) is 2.48. The number of piperidine rings is 1. The van der Waals surface area contributed by atoms with Gasteiger partial charge in [0.25, 0.3) is 0 Å². The first kappa shape index (κ1) is 15.6. The van der Waals surface area contributed by atoms with Crippen LogP contribution >= 0.6 is 11.6 Å². The summed E-state index contributed by atoms with van der Waals surface area (Å²) in [5.41, 5.74) is -0.0735. The summed E-state index contributed by atoms with van der Waals surface area (Å²) < 4.78 is 0. The number of hydrogen-bond donors (Lipinski definition) is 0. The first-order chi connectivity index (χ1) is 9.27. The Bertz CT molecular complexity index is 457. The van der Waals surface area contributed by atoms with Gasteiger partial charge in [-0.05, 0) is 24.7 Å². The Hall–Kier alpha value is -0.830. The Morgan fingerprint density at radius 1 is 1.20 bits per heavy atom. The van der Waals surface area contributed by atoms with E-state index in [4.69, 9.17) is 16.6 Å². The van der Waals surface area contributed by atoms with E-state index in [1.165, 1.54) is 12.8 Å². The van der Waals surface area contributed by atoms with Crippen LogP contribution in [0.1, 0.15) is 53.3 Å². The minimum atomic E-state index is -0.0735. The lowest BCUT2D eigenvalue weighted by atomic mass is 9.87. The van der Waals surface area contributed by atoms with Crippen molar-refractivity contribution >= 4 is 17.4 Å². The van der Waals surface area contributed by atoms with Crippen LogP contribution in [-0.4, -0.2) is 23.1 Å². The Labute approximate surface area is 127 Å². The molecule has 112 valence electrons. The molecule has 1 aromatic rings. The monoisotopic (exact) mass is 295 g/mol. The van der Waals surface area contributed by atoms with E-state index in [-0.39, 0.29) is 5.41 Å². The molecule has 0 spiro atoms. The molecule has 0 aliphatic carbocycles. The Kier molecular flexibility index (Phi) is 4.58. The van der Waals surface area contributed by atoms with Gasteiger partial charge in [0.05, 0.1) is 0 Å². The third-order valence-corrected chi connectivity index (χ3v) is 4.35. The molecule has 0 amide bonds. The van der Waals surface area contributed by atoms with E-state index in [1.807, 2.05) is 6.07 Å². The first-order valence-electron chi connectivity index (χ1n) is 7.57. The van der Waals surface area contributed by atoms with Crippen molar-refractivity contribution in [3.8, 4) is 0 Å². The molecule has 1 aliphatic heterocycles. The number of hydrogen-bond acceptors (Lipinski definition) is 3. The average Bonchev–Trinajstić information content (AvgIpc) is 2.37. The van der Waals surface area contributed by atoms with Crippen molar-refractivity contribution in [2.24, 2.45) is 11.8 Å². The van der Waals surface area contributed by atoms with Crippen LogP contribution in [0.5, 0.6) is 0 Å². The molecule has 0 saturated carbocycles. The molecule has 1 aliphatic rings. The lowest BCUT2D eigenvalue weighted by molar-refractivity contribution is 0.310. The molecule has 2 rings (SSSR count). The lowest BCUT2D eigenvalue weighted by Crippen LogP contribution is -2.36. The zero-order valence-electron chi connectivity index (χ0n) is 13.3. The Balaban J connectivity index is 2.16. The molecule has 1 saturated heterocycles. The van der Waals surface area contributed by atoms with Crippen molar-refractivity contribution in [2.45, 2.75) is 52.9 Å². The van der Waals surface area contributed by atoms with Crippen LogP contribution in [0.4, 0.5) is 5.82 Å². The molecule has 0 atom stereocenters. The second-order valence-corrected chi connectivity index (χ2v) is 7.58. The fraction of sp³-hybridized carbons (Fsp3) is 0.750. The number of anilines is 1. The third-order valence-electron chi connectivity index (χ3n) is 4.16. The van der Waals surface area contributed by atoms with Gasteiger partial charge in [-0.3, -0.25) is 0 Å². The number of rotatable bonds is 2. The fourth-order valence-corrected chi connectivity index (χ4v) is 2.88. The first-order valence-corrected chi connectivity index (χ1v) is 7.95. The topological polar surface area (TPSA) is 29.0 Å². The van der Waals surface area contributed by atoms with Crippen molar-refractivity contribution in [3.05, 3.63) is 17.0 Å².